The highest BCUT2D eigenvalue weighted by atomic mass is 16.7. The summed E-state index contributed by atoms with van der Waals surface area (Å²) in [5.74, 6) is 0.905. The third-order valence-electron chi connectivity index (χ3n) is 7.53. The second-order valence-corrected chi connectivity index (χ2v) is 10.1. The molecule has 0 bridgehead atoms. The topological polar surface area (TPSA) is 62.2 Å². The minimum Gasteiger partial charge on any atom is -0.462 e. The number of benzene rings is 3. The summed E-state index contributed by atoms with van der Waals surface area (Å²) in [7, 11) is 0. The summed E-state index contributed by atoms with van der Waals surface area (Å²) in [5, 5.41) is 11.8. The molecule has 1 N–H and O–H groups in total. The molecule has 0 spiro atoms. The number of carbonyl (C=O) groups excluding carboxylic acids is 1. The molecule has 5 rings (SSSR count). The van der Waals surface area contributed by atoms with Crippen LogP contribution in [0.1, 0.15) is 23.1 Å². The quantitative estimate of drug-likeness (QED) is 0.439. The summed E-state index contributed by atoms with van der Waals surface area (Å²) >= 11 is 0. The number of hydrogen-bond donors (Lipinski definition) is 1. The zero-order valence-electron chi connectivity index (χ0n) is 21.7. The number of rotatable bonds is 10. The van der Waals surface area contributed by atoms with E-state index in [2.05, 4.69) is 34.1 Å². The molecule has 2 aliphatic rings. The smallest absolute Gasteiger partial charge is 0.229 e. The lowest BCUT2D eigenvalue weighted by Crippen LogP contribution is -2.45. The zero-order chi connectivity index (χ0) is 26.2. The number of ketones is 1. The highest BCUT2D eigenvalue weighted by Gasteiger charge is 2.40. The number of hydrogen-bond acceptors (Lipinski definition) is 6. The minimum atomic E-state index is -1.68. The van der Waals surface area contributed by atoms with Gasteiger partial charge in [0, 0.05) is 25.6 Å². The van der Waals surface area contributed by atoms with E-state index in [0.29, 0.717) is 11.1 Å². The first kappa shape index (κ1) is 26.2. The van der Waals surface area contributed by atoms with Crippen molar-refractivity contribution < 1.29 is 19.4 Å². The molecule has 3 aromatic carbocycles. The predicted molar refractivity (Wildman–Crippen MR) is 147 cm³/mol. The van der Waals surface area contributed by atoms with Crippen LogP contribution in [-0.2, 0) is 26.3 Å². The fourth-order valence-electron chi connectivity index (χ4n) is 5.46. The third-order valence-corrected chi connectivity index (χ3v) is 7.53. The van der Waals surface area contributed by atoms with Crippen molar-refractivity contribution in [1.29, 1.82) is 0 Å². The van der Waals surface area contributed by atoms with Gasteiger partial charge in [0.15, 0.2) is 11.4 Å². The first-order valence-electron chi connectivity index (χ1n) is 13.4. The highest BCUT2D eigenvalue weighted by Crippen LogP contribution is 2.31. The van der Waals surface area contributed by atoms with Gasteiger partial charge in [0.2, 0.25) is 6.79 Å². The largest absolute Gasteiger partial charge is 0.462 e. The molecule has 2 heterocycles. The number of ether oxygens (including phenoxy) is 2. The monoisotopic (exact) mass is 512 g/mol. The molecule has 0 aromatic heterocycles. The van der Waals surface area contributed by atoms with Crippen LogP contribution in [0.3, 0.4) is 0 Å². The fraction of sp³-hybridized carbons (Fsp3) is 0.344. The number of aliphatic hydroxyl groups is 1. The lowest BCUT2D eigenvalue weighted by Gasteiger charge is -2.31. The summed E-state index contributed by atoms with van der Waals surface area (Å²) < 4.78 is 11.2. The van der Waals surface area contributed by atoms with E-state index < -0.39 is 5.60 Å². The molecule has 198 valence electrons. The average Bonchev–Trinajstić information content (AvgIpc) is 3.42. The van der Waals surface area contributed by atoms with Gasteiger partial charge in [-0.3, -0.25) is 9.69 Å². The van der Waals surface area contributed by atoms with Crippen LogP contribution in [0.25, 0.3) is 0 Å². The van der Waals surface area contributed by atoms with E-state index in [1.54, 1.807) is 6.26 Å². The number of Topliss-reactive ketones (excluding diaryl/α,β-unsaturated/α-hetero) is 1. The van der Waals surface area contributed by atoms with Gasteiger partial charge in [-0.1, -0.05) is 91.0 Å². The SMILES string of the molecule is O=C(CN1CCCN(CC(Cc2ccccc2)C2=COCO2)CC1)C(O)(c1ccccc1)c1ccccc1. The Hall–Kier alpha value is -3.45. The summed E-state index contributed by atoms with van der Waals surface area (Å²) in [4.78, 5) is 18.4. The van der Waals surface area contributed by atoms with Crippen LogP contribution in [0.15, 0.2) is 103 Å². The zero-order valence-corrected chi connectivity index (χ0v) is 21.7. The van der Waals surface area contributed by atoms with Crippen LogP contribution in [0.5, 0.6) is 0 Å². The molecule has 6 nitrogen and oxygen atoms in total. The highest BCUT2D eigenvalue weighted by molar-refractivity contribution is 5.93. The van der Waals surface area contributed by atoms with E-state index in [0.717, 1.165) is 51.3 Å². The normalized spacial score (nSPS) is 17.7. The molecule has 38 heavy (non-hydrogen) atoms. The Morgan fingerprint density at radius 1 is 0.816 bits per heavy atom. The number of nitrogens with zero attached hydrogens (tertiary/aromatic N) is 2. The number of carbonyl (C=O) groups is 1. The first-order valence-corrected chi connectivity index (χ1v) is 13.4. The molecule has 0 amide bonds. The van der Waals surface area contributed by atoms with Gasteiger partial charge in [0.25, 0.3) is 0 Å². The molecular weight excluding hydrogens is 476 g/mol. The lowest BCUT2D eigenvalue weighted by atomic mass is 9.82. The predicted octanol–water partition coefficient (Wildman–Crippen LogP) is 4.20. The van der Waals surface area contributed by atoms with Gasteiger partial charge < -0.3 is 19.5 Å². The van der Waals surface area contributed by atoms with E-state index >= 15 is 0 Å². The average molecular weight is 513 g/mol. The third kappa shape index (κ3) is 6.16. The summed E-state index contributed by atoms with van der Waals surface area (Å²) in [6.07, 6.45) is 3.59. The molecule has 0 aliphatic carbocycles. The van der Waals surface area contributed by atoms with Crippen molar-refractivity contribution in [2.24, 2.45) is 5.92 Å². The van der Waals surface area contributed by atoms with Crippen LogP contribution in [-0.4, -0.2) is 66.8 Å². The van der Waals surface area contributed by atoms with Crippen molar-refractivity contribution in [3.63, 3.8) is 0 Å². The molecule has 1 atom stereocenters. The fourth-order valence-corrected chi connectivity index (χ4v) is 5.46. The maximum Gasteiger partial charge on any atom is 0.229 e. The molecule has 1 fully saturated rings. The van der Waals surface area contributed by atoms with Crippen LogP contribution < -0.4 is 0 Å². The van der Waals surface area contributed by atoms with Crippen LogP contribution in [0, 0.1) is 5.92 Å². The van der Waals surface area contributed by atoms with E-state index in [1.165, 1.54) is 5.56 Å². The van der Waals surface area contributed by atoms with Crippen molar-refractivity contribution in [2.45, 2.75) is 18.4 Å². The van der Waals surface area contributed by atoms with Gasteiger partial charge in [0.1, 0.15) is 12.0 Å². The Balaban J connectivity index is 1.25. The van der Waals surface area contributed by atoms with Gasteiger partial charge in [-0.05, 0) is 42.6 Å². The van der Waals surface area contributed by atoms with E-state index in [-0.39, 0.29) is 25.0 Å². The summed E-state index contributed by atoms with van der Waals surface area (Å²) in [6, 6.07) is 29.0. The van der Waals surface area contributed by atoms with Crippen molar-refractivity contribution in [1.82, 2.24) is 9.80 Å². The molecule has 1 saturated heterocycles. The van der Waals surface area contributed by atoms with Gasteiger partial charge in [-0.15, -0.1) is 0 Å². The lowest BCUT2D eigenvalue weighted by molar-refractivity contribution is -0.135. The maximum absolute atomic E-state index is 13.7. The van der Waals surface area contributed by atoms with Crippen molar-refractivity contribution in [3.8, 4) is 0 Å². The molecule has 6 heteroatoms. The Bertz CT molecular complexity index is 1160. The Kier molecular flexibility index (Phi) is 8.54. The Labute approximate surface area is 225 Å². The van der Waals surface area contributed by atoms with Crippen molar-refractivity contribution >= 4 is 5.78 Å². The van der Waals surface area contributed by atoms with Gasteiger partial charge >= 0.3 is 0 Å². The van der Waals surface area contributed by atoms with E-state index in [1.807, 2.05) is 66.7 Å². The van der Waals surface area contributed by atoms with Crippen LogP contribution >= 0.6 is 0 Å². The van der Waals surface area contributed by atoms with Gasteiger partial charge in [0.05, 0.1) is 6.54 Å². The molecule has 0 saturated carbocycles. The molecule has 2 aliphatic heterocycles. The van der Waals surface area contributed by atoms with Gasteiger partial charge in [-0.25, -0.2) is 0 Å². The van der Waals surface area contributed by atoms with Crippen LogP contribution in [0.4, 0.5) is 0 Å². The molecule has 0 radical (unpaired) electrons. The maximum atomic E-state index is 13.7. The van der Waals surface area contributed by atoms with E-state index in [9.17, 15) is 9.90 Å². The van der Waals surface area contributed by atoms with Gasteiger partial charge in [-0.2, -0.15) is 0 Å². The molecular formula is C32H36N2O4. The standard InChI is InChI=1S/C32H36N2O4/c35-31(32(36,28-13-6-2-7-14-28)29-15-8-3-9-16-29)23-34-18-10-17-33(19-20-34)22-27(30-24-37-25-38-30)21-26-11-4-1-5-12-26/h1-9,11-16,24,27,36H,10,17-23,25H2. The molecule has 1 unspecified atom stereocenters. The van der Waals surface area contributed by atoms with Crippen LogP contribution in [0.2, 0.25) is 0 Å². The summed E-state index contributed by atoms with van der Waals surface area (Å²) in [6.45, 7) is 4.72. The molecule has 3 aromatic rings. The van der Waals surface area contributed by atoms with Crippen molar-refractivity contribution in [3.05, 3.63) is 120 Å². The Morgan fingerprint density at radius 3 is 2.00 bits per heavy atom. The second kappa shape index (κ2) is 12.4. The first-order chi connectivity index (χ1) is 18.6. The Morgan fingerprint density at radius 2 is 1.39 bits per heavy atom. The van der Waals surface area contributed by atoms with E-state index in [4.69, 9.17) is 9.47 Å². The summed E-state index contributed by atoms with van der Waals surface area (Å²) in [5.41, 5.74) is 0.797. The van der Waals surface area contributed by atoms with Crippen molar-refractivity contribution in [2.75, 3.05) is 46.1 Å². The minimum absolute atomic E-state index is 0.198. The second-order valence-electron chi connectivity index (χ2n) is 10.1.